The second-order valence-corrected chi connectivity index (χ2v) is 2.38. The third kappa shape index (κ3) is 6.09. The van der Waals surface area contributed by atoms with Crippen molar-refractivity contribution < 1.29 is 13.2 Å². The van der Waals surface area contributed by atoms with Gasteiger partial charge in [0.05, 0.1) is 17.2 Å². The largest absolute Gasteiger partial charge is 0.417 e. The number of hydrogen-bond acceptors (Lipinski definition) is 3. The van der Waals surface area contributed by atoms with E-state index in [2.05, 4.69) is 0 Å². The van der Waals surface area contributed by atoms with Gasteiger partial charge in [0.1, 0.15) is 0 Å². The zero-order valence-electron chi connectivity index (χ0n) is 8.28. The average molecular weight is 257 g/mol. The summed E-state index contributed by atoms with van der Waals surface area (Å²) >= 11 is 0. The Balaban J connectivity index is 0. The van der Waals surface area contributed by atoms with Gasteiger partial charge in [-0.15, -0.1) is 0 Å². The van der Waals surface area contributed by atoms with Gasteiger partial charge in [-0.1, -0.05) is 12.1 Å². The topological polar surface area (TPSA) is 71.4 Å². The number of nitrogens with zero attached hydrogens (tertiary/aromatic N) is 3. The first kappa shape index (κ1) is 17.2. The van der Waals surface area contributed by atoms with E-state index in [0.717, 1.165) is 12.1 Å². The van der Waals surface area contributed by atoms with Crippen LogP contribution in [0.3, 0.4) is 0 Å². The van der Waals surface area contributed by atoms with E-state index in [4.69, 9.17) is 15.8 Å². The maximum Gasteiger partial charge on any atom is 0.417 e. The predicted molar refractivity (Wildman–Crippen MR) is 57.8 cm³/mol. The van der Waals surface area contributed by atoms with Crippen molar-refractivity contribution in [1.82, 2.24) is 0 Å². The third-order valence-corrected chi connectivity index (χ3v) is 1.40. The molecule has 17 heavy (non-hydrogen) atoms. The Hall–Kier alpha value is -2.17. The van der Waals surface area contributed by atoms with E-state index in [-0.39, 0.29) is 19.1 Å². The maximum absolute atomic E-state index is 12.1. The van der Waals surface area contributed by atoms with Crippen LogP contribution in [0, 0.1) is 34.0 Å². The van der Waals surface area contributed by atoms with Crippen LogP contribution < -0.4 is 0 Å². The fourth-order valence-corrected chi connectivity index (χ4v) is 0.828. The van der Waals surface area contributed by atoms with Crippen LogP contribution in [0.2, 0.25) is 0 Å². The standard InChI is InChI=1S/C8H4F3N.C2N2.H2S/c9-8(10,11)7-4-2-1-3-6(7)5-12;3-1-2-4;/h1-4H;;1H2. The lowest BCUT2D eigenvalue weighted by molar-refractivity contribution is -0.137. The van der Waals surface area contributed by atoms with Gasteiger partial charge in [0, 0.05) is 0 Å². The van der Waals surface area contributed by atoms with Crippen LogP contribution in [0.5, 0.6) is 0 Å². The lowest BCUT2D eigenvalue weighted by Crippen LogP contribution is -2.06. The van der Waals surface area contributed by atoms with Crippen LogP contribution in [0.25, 0.3) is 0 Å². The quantitative estimate of drug-likeness (QED) is 0.717. The fourth-order valence-electron chi connectivity index (χ4n) is 0.828. The summed E-state index contributed by atoms with van der Waals surface area (Å²) in [5.74, 6) is 0. The van der Waals surface area contributed by atoms with E-state index in [1.54, 1.807) is 0 Å². The number of hydrogen-bond donors (Lipinski definition) is 0. The predicted octanol–water partition coefficient (Wildman–Crippen LogP) is 2.72. The van der Waals surface area contributed by atoms with Crippen LogP contribution in [0.15, 0.2) is 24.3 Å². The van der Waals surface area contributed by atoms with Crippen LogP contribution in [0.4, 0.5) is 13.2 Å². The van der Waals surface area contributed by atoms with Gasteiger partial charge in [0.25, 0.3) is 0 Å². The van der Waals surface area contributed by atoms with E-state index < -0.39 is 11.7 Å². The maximum atomic E-state index is 12.1. The summed E-state index contributed by atoms with van der Waals surface area (Å²) in [4.78, 5) is 0. The van der Waals surface area contributed by atoms with Gasteiger partial charge < -0.3 is 0 Å². The van der Waals surface area contributed by atoms with Crippen molar-refractivity contribution in [1.29, 1.82) is 15.8 Å². The smallest absolute Gasteiger partial charge is 0.197 e. The molecule has 0 heterocycles. The number of benzene rings is 1. The Labute approximate surface area is 103 Å². The SMILES string of the molecule is N#CC#N.N#Cc1ccccc1C(F)(F)F.S. The molecule has 0 aliphatic rings. The van der Waals surface area contributed by atoms with E-state index in [1.807, 2.05) is 0 Å². The molecule has 3 nitrogen and oxygen atoms in total. The molecular weight excluding hydrogens is 251 g/mol. The minimum atomic E-state index is -4.44. The molecule has 0 aliphatic heterocycles. The van der Waals surface area contributed by atoms with Gasteiger partial charge >= 0.3 is 6.18 Å². The molecule has 1 aromatic carbocycles. The van der Waals surface area contributed by atoms with Gasteiger partial charge in [-0.25, -0.2) is 0 Å². The second kappa shape index (κ2) is 8.04. The van der Waals surface area contributed by atoms with Crippen molar-refractivity contribution in [2.24, 2.45) is 0 Å². The number of alkyl halides is 3. The summed E-state index contributed by atoms with van der Waals surface area (Å²) < 4.78 is 36.3. The first-order valence-corrected chi connectivity index (χ1v) is 3.82. The van der Waals surface area contributed by atoms with Crippen molar-refractivity contribution in [3.05, 3.63) is 35.4 Å². The fraction of sp³-hybridized carbons (Fsp3) is 0.100. The second-order valence-electron chi connectivity index (χ2n) is 2.38. The molecule has 0 N–H and O–H groups in total. The van der Waals surface area contributed by atoms with Crippen molar-refractivity contribution in [3.8, 4) is 18.2 Å². The molecule has 7 heteroatoms. The molecule has 0 amide bonds. The molecule has 0 unspecified atom stereocenters. The van der Waals surface area contributed by atoms with Gasteiger partial charge in [-0.3, -0.25) is 0 Å². The number of rotatable bonds is 0. The summed E-state index contributed by atoms with van der Waals surface area (Å²) in [6, 6.07) is 8.63. The lowest BCUT2D eigenvalue weighted by atomic mass is 10.1. The Morgan fingerprint density at radius 1 is 0.941 bits per heavy atom. The van der Waals surface area contributed by atoms with E-state index in [9.17, 15) is 13.2 Å². The highest BCUT2D eigenvalue weighted by Gasteiger charge is 2.32. The molecule has 0 spiro atoms. The van der Waals surface area contributed by atoms with Crippen molar-refractivity contribution in [3.63, 3.8) is 0 Å². The monoisotopic (exact) mass is 257 g/mol. The number of nitriles is 3. The minimum absolute atomic E-state index is 0. The molecule has 0 atom stereocenters. The molecule has 88 valence electrons. The molecule has 1 rings (SSSR count). The normalized spacial score (nSPS) is 8.24. The highest BCUT2D eigenvalue weighted by molar-refractivity contribution is 7.59. The molecule has 0 fully saturated rings. The van der Waals surface area contributed by atoms with Crippen LogP contribution in [0.1, 0.15) is 11.1 Å². The Bertz CT molecular complexity index is 465. The Morgan fingerprint density at radius 3 is 1.71 bits per heavy atom. The summed E-state index contributed by atoms with van der Waals surface area (Å²) in [6.07, 6.45) is -4.44. The zero-order chi connectivity index (χ0) is 12.6. The van der Waals surface area contributed by atoms with Crippen LogP contribution in [-0.4, -0.2) is 0 Å². The molecule has 0 saturated carbocycles. The molecule has 0 bridgehead atoms. The average Bonchev–Trinajstić information content (AvgIpc) is 2.28. The molecule has 0 saturated heterocycles. The summed E-state index contributed by atoms with van der Waals surface area (Å²) in [6.45, 7) is 0. The molecule has 1 aromatic rings. The Morgan fingerprint density at radius 2 is 1.41 bits per heavy atom. The zero-order valence-corrected chi connectivity index (χ0v) is 9.28. The lowest BCUT2D eigenvalue weighted by Gasteiger charge is -2.06. The molecule has 0 aromatic heterocycles. The first-order valence-electron chi connectivity index (χ1n) is 3.82. The van der Waals surface area contributed by atoms with Crippen molar-refractivity contribution >= 4 is 13.5 Å². The third-order valence-electron chi connectivity index (χ3n) is 1.40. The minimum Gasteiger partial charge on any atom is -0.197 e. The first-order chi connectivity index (χ1) is 7.47. The van der Waals surface area contributed by atoms with E-state index in [1.165, 1.54) is 30.3 Å². The van der Waals surface area contributed by atoms with Crippen molar-refractivity contribution in [2.75, 3.05) is 0 Å². The molecule has 0 radical (unpaired) electrons. The highest BCUT2D eigenvalue weighted by atomic mass is 32.1. The van der Waals surface area contributed by atoms with Gasteiger partial charge in [-0.05, 0) is 12.1 Å². The van der Waals surface area contributed by atoms with Crippen molar-refractivity contribution in [2.45, 2.75) is 6.18 Å². The Kier molecular flexibility index (Phi) is 8.15. The molecule has 0 aliphatic carbocycles. The van der Waals surface area contributed by atoms with Gasteiger partial charge in [0.15, 0.2) is 12.1 Å². The molecular formula is C10H6F3N3S. The van der Waals surface area contributed by atoms with Crippen LogP contribution >= 0.6 is 13.5 Å². The summed E-state index contributed by atoms with van der Waals surface area (Å²) in [5.41, 5.74) is -1.22. The van der Waals surface area contributed by atoms with Gasteiger partial charge in [-0.2, -0.15) is 42.5 Å². The van der Waals surface area contributed by atoms with E-state index in [0.29, 0.717) is 0 Å². The highest BCUT2D eigenvalue weighted by Crippen LogP contribution is 2.31. The van der Waals surface area contributed by atoms with E-state index >= 15 is 0 Å². The summed E-state index contributed by atoms with van der Waals surface area (Å²) in [7, 11) is 0. The van der Waals surface area contributed by atoms with Gasteiger partial charge in [0.2, 0.25) is 0 Å². The number of halogens is 3. The van der Waals surface area contributed by atoms with Crippen LogP contribution in [-0.2, 0) is 6.18 Å². The summed E-state index contributed by atoms with van der Waals surface area (Å²) in [5, 5.41) is 22.9.